The first-order valence-electron chi connectivity index (χ1n) is 10.9. The lowest BCUT2D eigenvalue weighted by Crippen LogP contribution is -2.45. The fraction of sp³-hybridized carbons (Fsp3) is 0.565. The lowest BCUT2D eigenvalue weighted by Gasteiger charge is -2.34. The molecule has 0 spiro atoms. The quantitative estimate of drug-likeness (QED) is 0.463. The number of hydrogen-bond acceptors (Lipinski definition) is 7. The van der Waals surface area contributed by atoms with E-state index in [0.717, 1.165) is 51.0 Å². The molecule has 7 heteroatoms. The summed E-state index contributed by atoms with van der Waals surface area (Å²) in [4.78, 5) is 26.6. The number of anilines is 1. The highest BCUT2D eigenvalue weighted by atomic mass is 16.5. The van der Waals surface area contributed by atoms with Gasteiger partial charge < -0.3 is 14.5 Å². The maximum Gasteiger partial charge on any atom is 0.329 e. The molecule has 2 aromatic rings. The van der Waals surface area contributed by atoms with Crippen LogP contribution < -0.4 is 4.90 Å². The van der Waals surface area contributed by atoms with E-state index in [9.17, 15) is 10.1 Å². The van der Waals surface area contributed by atoms with Crippen LogP contribution in [0.5, 0.6) is 0 Å². The molecule has 1 fully saturated rings. The number of nitriles is 1. The number of fused-ring (bicyclic) bond motifs is 1. The van der Waals surface area contributed by atoms with Gasteiger partial charge in [-0.05, 0) is 25.6 Å². The van der Waals surface area contributed by atoms with Crippen molar-refractivity contribution in [2.75, 3.05) is 44.7 Å². The summed E-state index contributed by atoms with van der Waals surface area (Å²) in [6.07, 6.45) is 5.35. The van der Waals surface area contributed by atoms with E-state index in [0.29, 0.717) is 23.6 Å². The molecule has 0 amide bonds. The largest absolute Gasteiger partial charge is 0.464 e. The Kier molecular flexibility index (Phi) is 7.97. The van der Waals surface area contributed by atoms with Crippen molar-refractivity contribution in [3.8, 4) is 6.07 Å². The van der Waals surface area contributed by atoms with E-state index in [1.54, 1.807) is 0 Å². The zero-order chi connectivity index (χ0) is 21.3. The Bertz CT molecular complexity index is 887. The average Bonchev–Trinajstić information content (AvgIpc) is 2.77. The number of carbonyl (C=O) groups excluding carboxylic acids is 1. The highest BCUT2D eigenvalue weighted by Gasteiger charge is 2.30. The number of rotatable bonds is 9. The summed E-state index contributed by atoms with van der Waals surface area (Å²) < 4.78 is 5.45. The van der Waals surface area contributed by atoms with E-state index in [2.05, 4.69) is 34.8 Å². The monoisotopic (exact) mass is 409 g/mol. The van der Waals surface area contributed by atoms with Crippen LogP contribution in [0.1, 0.15) is 50.6 Å². The predicted molar refractivity (Wildman–Crippen MR) is 117 cm³/mol. The van der Waals surface area contributed by atoms with Gasteiger partial charge >= 0.3 is 5.97 Å². The van der Waals surface area contributed by atoms with Gasteiger partial charge in [-0.15, -0.1) is 0 Å². The normalized spacial score (nSPS) is 15.7. The van der Waals surface area contributed by atoms with Crippen LogP contribution in [0, 0.1) is 11.3 Å². The summed E-state index contributed by atoms with van der Waals surface area (Å²) in [5.41, 5.74) is 1.84. The zero-order valence-corrected chi connectivity index (χ0v) is 18.0. The van der Waals surface area contributed by atoms with Gasteiger partial charge in [-0.1, -0.05) is 44.7 Å². The van der Waals surface area contributed by atoms with Gasteiger partial charge in [0, 0.05) is 26.2 Å². The molecule has 30 heavy (non-hydrogen) atoms. The minimum atomic E-state index is -1.08. The van der Waals surface area contributed by atoms with Crippen LogP contribution in [0.25, 0.3) is 11.0 Å². The minimum absolute atomic E-state index is 0.339. The average molecular weight is 410 g/mol. The number of ether oxygens (including phenoxy) is 1. The molecule has 0 N–H and O–H groups in total. The van der Waals surface area contributed by atoms with E-state index in [4.69, 9.17) is 9.72 Å². The van der Waals surface area contributed by atoms with Crippen molar-refractivity contribution in [2.24, 2.45) is 0 Å². The number of esters is 1. The molecule has 1 atom stereocenters. The Morgan fingerprint density at radius 2 is 1.77 bits per heavy atom. The molecule has 1 saturated heterocycles. The van der Waals surface area contributed by atoms with Gasteiger partial charge in [-0.3, -0.25) is 4.79 Å². The number of aromatic nitrogens is 2. The van der Waals surface area contributed by atoms with Crippen molar-refractivity contribution < 1.29 is 9.53 Å². The number of benzene rings is 1. The fourth-order valence-electron chi connectivity index (χ4n) is 3.64. The van der Waals surface area contributed by atoms with E-state index >= 15 is 0 Å². The fourth-order valence-corrected chi connectivity index (χ4v) is 3.64. The van der Waals surface area contributed by atoms with Crippen LogP contribution in [0.3, 0.4) is 0 Å². The number of unbranched alkanes of at least 4 members (excludes halogenated alkanes) is 4. The van der Waals surface area contributed by atoms with E-state index in [1.807, 2.05) is 24.3 Å². The van der Waals surface area contributed by atoms with E-state index in [1.165, 1.54) is 12.8 Å². The molecule has 0 bridgehead atoms. The molecule has 2 heterocycles. The van der Waals surface area contributed by atoms with Crippen LogP contribution in [-0.2, 0) is 9.53 Å². The number of hydrogen-bond donors (Lipinski definition) is 0. The highest BCUT2D eigenvalue weighted by molar-refractivity contribution is 5.85. The molecule has 3 rings (SSSR count). The molecule has 1 aromatic heterocycles. The Morgan fingerprint density at radius 1 is 1.10 bits per heavy atom. The predicted octanol–water partition coefficient (Wildman–Crippen LogP) is 3.50. The molecular formula is C23H31N5O2. The Morgan fingerprint density at radius 3 is 2.43 bits per heavy atom. The van der Waals surface area contributed by atoms with Crippen molar-refractivity contribution in [3.63, 3.8) is 0 Å². The summed E-state index contributed by atoms with van der Waals surface area (Å²) >= 11 is 0. The van der Waals surface area contributed by atoms with Crippen molar-refractivity contribution in [1.82, 2.24) is 14.9 Å². The Balaban J connectivity index is 1.81. The number of para-hydroxylation sites is 2. The summed E-state index contributed by atoms with van der Waals surface area (Å²) in [5.74, 6) is -0.992. The zero-order valence-electron chi connectivity index (χ0n) is 18.0. The van der Waals surface area contributed by atoms with Crippen molar-refractivity contribution >= 4 is 22.8 Å². The second-order valence-corrected chi connectivity index (χ2v) is 7.86. The first kappa shape index (κ1) is 22.0. The number of nitrogens with zero attached hydrogens (tertiary/aromatic N) is 5. The van der Waals surface area contributed by atoms with Crippen LogP contribution in [-0.4, -0.2) is 60.7 Å². The van der Waals surface area contributed by atoms with Gasteiger partial charge in [0.1, 0.15) is 5.69 Å². The molecule has 1 aliphatic rings. The maximum atomic E-state index is 12.7. The first-order valence-corrected chi connectivity index (χ1v) is 10.9. The third-order valence-corrected chi connectivity index (χ3v) is 5.51. The molecule has 0 radical (unpaired) electrons. The smallest absolute Gasteiger partial charge is 0.329 e. The summed E-state index contributed by atoms with van der Waals surface area (Å²) in [6, 6.07) is 9.67. The molecular weight excluding hydrogens is 378 g/mol. The van der Waals surface area contributed by atoms with Crippen molar-refractivity contribution in [1.29, 1.82) is 5.26 Å². The topological polar surface area (TPSA) is 82.3 Å². The summed E-state index contributed by atoms with van der Waals surface area (Å²) in [6.45, 7) is 5.86. The van der Waals surface area contributed by atoms with Crippen molar-refractivity contribution in [2.45, 2.75) is 44.9 Å². The molecule has 7 nitrogen and oxygen atoms in total. The minimum Gasteiger partial charge on any atom is -0.464 e. The lowest BCUT2D eigenvalue weighted by molar-refractivity contribution is -0.144. The van der Waals surface area contributed by atoms with Crippen LogP contribution in [0.4, 0.5) is 5.82 Å². The second kappa shape index (κ2) is 10.9. The Labute approximate surface area is 178 Å². The number of carbonyl (C=O) groups is 1. The van der Waals surface area contributed by atoms with Crippen LogP contribution >= 0.6 is 0 Å². The molecule has 0 saturated carbocycles. The maximum absolute atomic E-state index is 12.7. The van der Waals surface area contributed by atoms with Crippen molar-refractivity contribution in [3.05, 3.63) is 30.0 Å². The van der Waals surface area contributed by atoms with Gasteiger partial charge in [0.2, 0.25) is 0 Å². The summed E-state index contributed by atoms with van der Waals surface area (Å²) in [5, 5.41) is 9.81. The molecule has 0 aliphatic carbocycles. The van der Waals surface area contributed by atoms with E-state index in [-0.39, 0.29) is 0 Å². The Hall–Kier alpha value is -2.72. The molecule has 1 aliphatic heterocycles. The number of likely N-dealkylation sites (N-methyl/N-ethyl adjacent to an activating group) is 1. The van der Waals surface area contributed by atoms with Gasteiger partial charge in [0.15, 0.2) is 11.7 Å². The van der Waals surface area contributed by atoms with Gasteiger partial charge in [-0.25, -0.2) is 9.97 Å². The molecule has 1 aromatic carbocycles. The van der Waals surface area contributed by atoms with Crippen LogP contribution in [0.2, 0.25) is 0 Å². The van der Waals surface area contributed by atoms with Gasteiger partial charge in [-0.2, -0.15) is 5.26 Å². The standard InChI is InChI=1S/C23H31N5O2/c1-3-4-5-6-9-16-30-23(29)18(17-24)21-22(28-14-12-27(2)13-15-28)26-20-11-8-7-10-19(20)25-21/h7-8,10-11,18H,3-6,9,12-16H2,1-2H3/t18-/m1/s1. The second-order valence-electron chi connectivity index (χ2n) is 7.86. The van der Waals surface area contributed by atoms with Crippen LogP contribution in [0.15, 0.2) is 24.3 Å². The van der Waals surface area contributed by atoms with E-state index < -0.39 is 11.9 Å². The first-order chi connectivity index (χ1) is 14.6. The molecule has 160 valence electrons. The lowest BCUT2D eigenvalue weighted by atomic mass is 10.1. The van der Waals surface area contributed by atoms with Gasteiger partial charge in [0.05, 0.1) is 23.7 Å². The SMILES string of the molecule is CCCCCCCOC(=O)[C@H](C#N)c1nc2ccccc2nc1N1CCN(C)CC1. The summed E-state index contributed by atoms with van der Waals surface area (Å²) in [7, 11) is 2.08. The highest BCUT2D eigenvalue weighted by Crippen LogP contribution is 2.28. The number of piperazine rings is 1. The molecule has 0 unspecified atom stereocenters. The third-order valence-electron chi connectivity index (χ3n) is 5.51. The van der Waals surface area contributed by atoms with Gasteiger partial charge in [0.25, 0.3) is 0 Å². The third kappa shape index (κ3) is 5.45.